The molecular weight excluding hydrogens is 535 g/mol. The third kappa shape index (κ3) is 6.37. The van der Waals surface area contributed by atoms with Crippen LogP contribution in [0.1, 0.15) is 42.4 Å². The molecule has 1 aromatic carbocycles. The SMILES string of the molecule is Cc1cc(S(=O)(=O)N2CCC(Nc3ncc(C(F)(F)F)c(O[C@H]4CCOC4)n3)CC2)ccc1C1=CCCNC1. The van der Waals surface area contributed by atoms with Crippen molar-refractivity contribution >= 4 is 21.5 Å². The topological polar surface area (TPSA) is 106 Å². The summed E-state index contributed by atoms with van der Waals surface area (Å²) in [6.07, 6.45) is 0.0598. The number of hydrogen-bond donors (Lipinski definition) is 2. The molecule has 3 aliphatic rings. The maximum Gasteiger partial charge on any atom is 0.423 e. The van der Waals surface area contributed by atoms with Gasteiger partial charge in [-0.2, -0.15) is 22.5 Å². The second-order valence-electron chi connectivity index (χ2n) is 10.0. The second kappa shape index (κ2) is 11.4. The van der Waals surface area contributed by atoms with Gasteiger partial charge in [-0.25, -0.2) is 13.4 Å². The molecule has 2 aromatic rings. The molecule has 0 saturated carbocycles. The summed E-state index contributed by atoms with van der Waals surface area (Å²) in [5, 5.41) is 6.39. The fourth-order valence-corrected chi connectivity index (χ4v) is 6.62. The van der Waals surface area contributed by atoms with Crippen molar-refractivity contribution in [2.45, 2.75) is 55.8 Å². The zero-order valence-electron chi connectivity index (χ0n) is 21.6. The average Bonchev–Trinajstić information content (AvgIpc) is 3.42. The van der Waals surface area contributed by atoms with Gasteiger partial charge in [-0.05, 0) is 61.6 Å². The quantitative estimate of drug-likeness (QED) is 0.523. The lowest BCUT2D eigenvalue weighted by atomic mass is 9.98. The third-order valence-electron chi connectivity index (χ3n) is 7.22. The highest BCUT2D eigenvalue weighted by Crippen LogP contribution is 2.36. The van der Waals surface area contributed by atoms with Gasteiger partial charge < -0.3 is 20.1 Å². The first-order valence-electron chi connectivity index (χ1n) is 13.1. The number of nitrogens with zero attached hydrogens (tertiary/aromatic N) is 3. The van der Waals surface area contributed by atoms with E-state index in [1.54, 1.807) is 12.1 Å². The van der Waals surface area contributed by atoms with Gasteiger partial charge in [0.05, 0.1) is 18.1 Å². The standard InChI is InChI=1S/C26H32F3N5O4S/c1-17-13-21(4-5-22(17)18-3-2-9-30-14-18)39(35,36)34-10-6-19(7-11-34)32-25-31-15-23(26(27,28)29)24(33-25)38-20-8-12-37-16-20/h3-5,13,15,19-20,30H,2,6-12,14,16H2,1H3,(H,31,32,33)/t20-/m0/s1. The number of rotatable bonds is 7. The fraction of sp³-hybridized carbons (Fsp3) is 0.538. The molecule has 13 heteroatoms. The summed E-state index contributed by atoms with van der Waals surface area (Å²) in [4.78, 5) is 8.11. The largest absolute Gasteiger partial charge is 0.471 e. The fourth-order valence-electron chi connectivity index (χ4n) is 5.06. The van der Waals surface area contributed by atoms with E-state index >= 15 is 0 Å². The van der Waals surface area contributed by atoms with Gasteiger partial charge in [-0.1, -0.05) is 12.1 Å². The van der Waals surface area contributed by atoms with E-state index in [2.05, 4.69) is 26.7 Å². The molecule has 0 bridgehead atoms. The van der Waals surface area contributed by atoms with Gasteiger partial charge in [-0.3, -0.25) is 0 Å². The summed E-state index contributed by atoms with van der Waals surface area (Å²) in [5.74, 6) is -0.523. The second-order valence-corrected chi connectivity index (χ2v) is 11.9. The monoisotopic (exact) mass is 567 g/mol. The molecule has 1 atom stereocenters. The van der Waals surface area contributed by atoms with E-state index < -0.39 is 33.7 Å². The third-order valence-corrected chi connectivity index (χ3v) is 9.12. The predicted octanol–water partition coefficient (Wildman–Crippen LogP) is 3.61. The number of aryl methyl sites for hydroxylation is 1. The zero-order chi connectivity index (χ0) is 27.6. The number of alkyl halides is 3. The van der Waals surface area contributed by atoms with Crippen molar-refractivity contribution in [2.75, 3.05) is 44.7 Å². The van der Waals surface area contributed by atoms with Crippen LogP contribution in [-0.2, 0) is 20.9 Å². The summed E-state index contributed by atoms with van der Waals surface area (Å²) >= 11 is 0. The molecule has 1 aromatic heterocycles. The highest BCUT2D eigenvalue weighted by atomic mass is 32.2. The van der Waals surface area contributed by atoms with Gasteiger partial charge in [-0.15, -0.1) is 0 Å². The number of piperidine rings is 1. The van der Waals surface area contributed by atoms with Crippen LogP contribution in [0.3, 0.4) is 0 Å². The minimum absolute atomic E-state index is 0.0101. The number of ether oxygens (including phenoxy) is 2. The Balaban J connectivity index is 1.23. The number of sulfonamides is 1. The van der Waals surface area contributed by atoms with E-state index in [1.807, 2.05) is 13.0 Å². The number of aromatic nitrogens is 2. The van der Waals surface area contributed by atoms with E-state index in [4.69, 9.17) is 9.47 Å². The Morgan fingerprint density at radius 1 is 1.21 bits per heavy atom. The van der Waals surface area contributed by atoms with E-state index in [9.17, 15) is 21.6 Å². The molecule has 2 saturated heterocycles. The Labute approximate surface area is 225 Å². The number of halogens is 3. The molecule has 0 radical (unpaired) electrons. The van der Waals surface area contributed by atoms with Crippen LogP contribution in [0, 0.1) is 6.92 Å². The van der Waals surface area contributed by atoms with Gasteiger partial charge in [0.15, 0.2) is 0 Å². The van der Waals surface area contributed by atoms with Gasteiger partial charge in [0, 0.05) is 38.3 Å². The Hall–Kier alpha value is -2.74. The molecule has 4 heterocycles. The Morgan fingerprint density at radius 2 is 2.00 bits per heavy atom. The van der Waals surface area contributed by atoms with Crippen LogP contribution >= 0.6 is 0 Å². The van der Waals surface area contributed by atoms with Crippen LogP contribution in [0.25, 0.3) is 5.57 Å². The normalized spacial score (nSPS) is 21.5. The summed E-state index contributed by atoms with van der Waals surface area (Å²) in [5.41, 5.74) is 2.08. The highest BCUT2D eigenvalue weighted by Gasteiger charge is 2.38. The van der Waals surface area contributed by atoms with Gasteiger partial charge in [0.25, 0.3) is 0 Å². The Morgan fingerprint density at radius 3 is 2.64 bits per heavy atom. The lowest BCUT2D eigenvalue weighted by Crippen LogP contribution is -2.42. The molecule has 0 aliphatic carbocycles. The van der Waals surface area contributed by atoms with Crippen molar-refractivity contribution in [1.29, 1.82) is 0 Å². The van der Waals surface area contributed by atoms with Gasteiger partial charge >= 0.3 is 6.18 Å². The smallest absolute Gasteiger partial charge is 0.423 e. The summed E-state index contributed by atoms with van der Waals surface area (Å²) in [6, 6.07) is 5.04. The first-order chi connectivity index (χ1) is 18.6. The summed E-state index contributed by atoms with van der Waals surface area (Å²) in [6.45, 7) is 4.77. The van der Waals surface area contributed by atoms with Gasteiger partial charge in [0.2, 0.25) is 21.9 Å². The van der Waals surface area contributed by atoms with E-state index in [0.29, 0.717) is 32.1 Å². The maximum atomic E-state index is 13.5. The van der Waals surface area contributed by atoms with Gasteiger partial charge in [0.1, 0.15) is 11.7 Å². The molecule has 0 amide bonds. The highest BCUT2D eigenvalue weighted by molar-refractivity contribution is 7.89. The van der Waals surface area contributed by atoms with E-state index in [1.165, 1.54) is 9.88 Å². The molecule has 212 valence electrons. The van der Waals surface area contributed by atoms with Crippen LogP contribution in [0.2, 0.25) is 0 Å². The molecular formula is C26H32F3N5O4S. The van der Waals surface area contributed by atoms with Crippen LogP contribution in [0.5, 0.6) is 5.88 Å². The molecule has 0 unspecified atom stereocenters. The summed E-state index contributed by atoms with van der Waals surface area (Å²) < 4.78 is 79.3. The number of benzene rings is 1. The lowest BCUT2D eigenvalue weighted by Gasteiger charge is -2.32. The van der Waals surface area contributed by atoms with Crippen molar-refractivity contribution in [3.8, 4) is 5.88 Å². The van der Waals surface area contributed by atoms with Crippen molar-refractivity contribution in [1.82, 2.24) is 19.6 Å². The van der Waals surface area contributed by atoms with Crippen molar-refractivity contribution < 1.29 is 31.1 Å². The molecule has 5 rings (SSSR count). The van der Waals surface area contributed by atoms with E-state index in [0.717, 1.165) is 30.6 Å². The zero-order valence-corrected chi connectivity index (χ0v) is 22.4. The number of anilines is 1. The Kier molecular flexibility index (Phi) is 8.13. The number of nitrogens with one attached hydrogen (secondary N) is 2. The first-order valence-corrected chi connectivity index (χ1v) is 14.5. The van der Waals surface area contributed by atoms with Crippen molar-refractivity contribution in [3.63, 3.8) is 0 Å². The van der Waals surface area contributed by atoms with Crippen LogP contribution in [0.4, 0.5) is 19.1 Å². The van der Waals surface area contributed by atoms with Crippen LogP contribution in [-0.4, -0.2) is 74.2 Å². The van der Waals surface area contributed by atoms with Crippen LogP contribution < -0.4 is 15.4 Å². The maximum absolute atomic E-state index is 13.5. The van der Waals surface area contributed by atoms with E-state index in [-0.39, 0.29) is 36.6 Å². The first kappa shape index (κ1) is 27.8. The number of hydrogen-bond acceptors (Lipinski definition) is 8. The predicted molar refractivity (Wildman–Crippen MR) is 139 cm³/mol. The minimum Gasteiger partial charge on any atom is -0.471 e. The molecule has 2 N–H and O–H groups in total. The minimum atomic E-state index is -4.66. The summed E-state index contributed by atoms with van der Waals surface area (Å²) in [7, 11) is -3.69. The molecule has 0 spiro atoms. The van der Waals surface area contributed by atoms with Crippen LogP contribution in [0.15, 0.2) is 35.4 Å². The molecule has 9 nitrogen and oxygen atoms in total. The molecule has 2 fully saturated rings. The van der Waals surface area contributed by atoms with Crippen molar-refractivity contribution in [2.24, 2.45) is 0 Å². The average molecular weight is 568 g/mol. The lowest BCUT2D eigenvalue weighted by molar-refractivity contribution is -0.139. The van der Waals surface area contributed by atoms with Crippen molar-refractivity contribution in [3.05, 3.63) is 47.2 Å². The molecule has 3 aliphatic heterocycles. The molecule has 39 heavy (non-hydrogen) atoms. The Bertz CT molecular complexity index is 1320.